The Morgan fingerprint density at radius 2 is 2.11 bits per heavy atom. The maximum atomic E-state index is 13.1. The Hall–Kier alpha value is -2.70. The van der Waals surface area contributed by atoms with Gasteiger partial charge in [-0.2, -0.15) is 5.10 Å². The van der Waals surface area contributed by atoms with Gasteiger partial charge in [-0.3, -0.25) is 9.89 Å². The number of nitrogens with one attached hydrogen (secondary N) is 2. The Kier molecular flexibility index (Phi) is 3.28. The minimum Gasteiger partial charge on any atom is -0.478 e. The summed E-state index contributed by atoms with van der Waals surface area (Å²) in [6.07, 6.45) is 0. The van der Waals surface area contributed by atoms with E-state index in [4.69, 9.17) is 5.11 Å². The van der Waals surface area contributed by atoms with Gasteiger partial charge in [-0.1, -0.05) is 0 Å². The van der Waals surface area contributed by atoms with Crippen LogP contribution in [0.25, 0.3) is 0 Å². The van der Waals surface area contributed by atoms with E-state index < -0.39 is 17.7 Å². The van der Waals surface area contributed by atoms with Gasteiger partial charge in [-0.15, -0.1) is 0 Å². The molecule has 0 saturated heterocycles. The topological polar surface area (TPSA) is 95.1 Å². The summed E-state index contributed by atoms with van der Waals surface area (Å²) in [5.74, 6) is -2.51. The first-order valence-electron chi connectivity index (χ1n) is 5.33. The van der Waals surface area contributed by atoms with Gasteiger partial charge in [-0.25, -0.2) is 9.18 Å². The van der Waals surface area contributed by atoms with Gasteiger partial charge in [-0.05, 0) is 31.2 Å². The number of halogens is 1. The summed E-state index contributed by atoms with van der Waals surface area (Å²) < 4.78 is 13.1. The third-order valence-electron chi connectivity index (χ3n) is 2.40. The number of rotatable bonds is 3. The molecule has 2 aromatic rings. The maximum absolute atomic E-state index is 13.1. The zero-order chi connectivity index (χ0) is 14.0. The zero-order valence-corrected chi connectivity index (χ0v) is 9.90. The second-order valence-electron chi connectivity index (χ2n) is 3.89. The molecule has 0 fully saturated rings. The lowest BCUT2D eigenvalue weighted by Crippen LogP contribution is -2.15. The first-order valence-corrected chi connectivity index (χ1v) is 5.33. The van der Waals surface area contributed by atoms with Gasteiger partial charge in [0.05, 0.1) is 11.3 Å². The summed E-state index contributed by atoms with van der Waals surface area (Å²) in [5.41, 5.74) is 0.473. The summed E-state index contributed by atoms with van der Waals surface area (Å²) in [5, 5.41) is 17.6. The number of hydrogen-bond donors (Lipinski definition) is 3. The van der Waals surface area contributed by atoms with E-state index >= 15 is 0 Å². The smallest absolute Gasteiger partial charge is 0.337 e. The van der Waals surface area contributed by atoms with Crippen molar-refractivity contribution in [3.8, 4) is 0 Å². The predicted octanol–water partition coefficient (Wildman–Crippen LogP) is 1.81. The molecule has 98 valence electrons. The SMILES string of the molecule is Cc1cc(C(=O)Nc2cc(F)ccc2C(=O)O)n[nH]1. The van der Waals surface area contributed by atoms with Crippen molar-refractivity contribution < 1.29 is 19.1 Å². The largest absolute Gasteiger partial charge is 0.478 e. The molecule has 3 N–H and O–H groups in total. The number of aromatic amines is 1. The van der Waals surface area contributed by atoms with Crippen molar-refractivity contribution >= 4 is 17.6 Å². The maximum Gasteiger partial charge on any atom is 0.337 e. The van der Waals surface area contributed by atoms with Gasteiger partial charge >= 0.3 is 5.97 Å². The monoisotopic (exact) mass is 263 g/mol. The fourth-order valence-electron chi connectivity index (χ4n) is 1.53. The second kappa shape index (κ2) is 4.89. The van der Waals surface area contributed by atoms with E-state index in [0.717, 1.165) is 18.2 Å². The molecular weight excluding hydrogens is 253 g/mol. The van der Waals surface area contributed by atoms with Crippen LogP contribution >= 0.6 is 0 Å². The molecule has 0 atom stereocenters. The number of carbonyl (C=O) groups is 2. The summed E-state index contributed by atoms with van der Waals surface area (Å²) in [7, 11) is 0. The molecule has 1 heterocycles. The Bertz CT molecular complexity index is 651. The number of H-pyrrole nitrogens is 1. The Labute approximate surface area is 107 Å². The van der Waals surface area contributed by atoms with Crippen LogP contribution in [-0.4, -0.2) is 27.2 Å². The molecule has 0 aliphatic heterocycles. The molecule has 0 aliphatic carbocycles. The van der Waals surface area contributed by atoms with Crippen molar-refractivity contribution in [1.29, 1.82) is 0 Å². The molecule has 1 aromatic carbocycles. The standard InChI is InChI=1S/C12H10FN3O3/c1-6-4-10(16-15-6)11(17)14-9-5-7(13)2-3-8(9)12(18)19/h2-5H,1H3,(H,14,17)(H,15,16)(H,18,19). The zero-order valence-electron chi connectivity index (χ0n) is 9.90. The summed E-state index contributed by atoms with van der Waals surface area (Å²) in [6, 6.07) is 4.54. The third-order valence-corrected chi connectivity index (χ3v) is 2.40. The van der Waals surface area contributed by atoms with Gasteiger partial charge in [0.15, 0.2) is 5.69 Å². The summed E-state index contributed by atoms with van der Waals surface area (Å²) in [6.45, 7) is 1.72. The number of carboxylic acid groups (broad SMARTS) is 1. The molecular formula is C12H10FN3O3. The van der Waals surface area contributed by atoms with Crippen molar-refractivity contribution in [1.82, 2.24) is 10.2 Å². The minimum absolute atomic E-state index is 0.0955. The summed E-state index contributed by atoms with van der Waals surface area (Å²) >= 11 is 0. The van der Waals surface area contributed by atoms with Crippen LogP contribution < -0.4 is 5.32 Å². The number of amides is 1. The van der Waals surface area contributed by atoms with E-state index in [9.17, 15) is 14.0 Å². The van der Waals surface area contributed by atoms with Crippen LogP contribution in [0.2, 0.25) is 0 Å². The van der Waals surface area contributed by atoms with E-state index in [1.54, 1.807) is 6.92 Å². The van der Waals surface area contributed by atoms with Crippen molar-refractivity contribution in [3.05, 3.63) is 47.0 Å². The van der Waals surface area contributed by atoms with Gasteiger partial charge in [0, 0.05) is 5.69 Å². The van der Waals surface area contributed by atoms with Gasteiger partial charge in [0.2, 0.25) is 0 Å². The highest BCUT2D eigenvalue weighted by atomic mass is 19.1. The average molecular weight is 263 g/mol. The first kappa shape index (κ1) is 12.7. The molecule has 1 amide bonds. The minimum atomic E-state index is -1.26. The molecule has 6 nitrogen and oxygen atoms in total. The van der Waals surface area contributed by atoms with E-state index in [2.05, 4.69) is 15.5 Å². The molecule has 2 rings (SSSR count). The van der Waals surface area contributed by atoms with E-state index in [1.165, 1.54) is 6.07 Å². The second-order valence-corrected chi connectivity index (χ2v) is 3.89. The van der Waals surface area contributed by atoms with Crippen molar-refractivity contribution in [2.24, 2.45) is 0 Å². The van der Waals surface area contributed by atoms with Crippen LogP contribution in [0.3, 0.4) is 0 Å². The number of aromatic carboxylic acids is 1. The number of aryl methyl sites for hydroxylation is 1. The quantitative estimate of drug-likeness (QED) is 0.787. The van der Waals surface area contributed by atoms with Gasteiger partial charge in [0.25, 0.3) is 5.91 Å². The van der Waals surface area contributed by atoms with Crippen LogP contribution in [-0.2, 0) is 0 Å². The lowest BCUT2D eigenvalue weighted by molar-refractivity contribution is 0.0698. The molecule has 1 aromatic heterocycles. The van der Waals surface area contributed by atoms with E-state index in [1.807, 2.05) is 0 Å². The van der Waals surface area contributed by atoms with Crippen LogP contribution in [0.4, 0.5) is 10.1 Å². The molecule has 0 aliphatic rings. The van der Waals surface area contributed by atoms with E-state index in [-0.39, 0.29) is 16.9 Å². The molecule has 19 heavy (non-hydrogen) atoms. The molecule has 0 bridgehead atoms. The fraction of sp³-hybridized carbons (Fsp3) is 0.0833. The van der Waals surface area contributed by atoms with Crippen LogP contribution in [0.15, 0.2) is 24.3 Å². The van der Waals surface area contributed by atoms with Crippen LogP contribution in [0.5, 0.6) is 0 Å². The van der Waals surface area contributed by atoms with Crippen LogP contribution in [0.1, 0.15) is 26.5 Å². The number of carbonyl (C=O) groups excluding carboxylic acids is 1. The number of anilines is 1. The number of nitrogens with zero attached hydrogens (tertiary/aromatic N) is 1. The number of aromatic nitrogens is 2. The molecule has 0 radical (unpaired) electrons. The Morgan fingerprint density at radius 3 is 2.68 bits per heavy atom. The van der Waals surface area contributed by atoms with Crippen molar-refractivity contribution in [2.45, 2.75) is 6.92 Å². The molecule has 0 saturated carbocycles. The Morgan fingerprint density at radius 1 is 1.37 bits per heavy atom. The third kappa shape index (κ3) is 2.76. The van der Waals surface area contributed by atoms with Crippen molar-refractivity contribution in [2.75, 3.05) is 5.32 Å². The highest BCUT2D eigenvalue weighted by Crippen LogP contribution is 2.18. The molecule has 7 heteroatoms. The highest BCUT2D eigenvalue weighted by molar-refractivity contribution is 6.06. The fourth-order valence-corrected chi connectivity index (χ4v) is 1.53. The highest BCUT2D eigenvalue weighted by Gasteiger charge is 2.15. The lowest BCUT2D eigenvalue weighted by atomic mass is 10.1. The van der Waals surface area contributed by atoms with Crippen LogP contribution in [0, 0.1) is 12.7 Å². The molecule has 0 unspecified atom stereocenters. The average Bonchev–Trinajstić information content (AvgIpc) is 2.75. The van der Waals surface area contributed by atoms with E-state index in [0.29, 0.717) is 5.69 Å². The number of hydrogen-bond acceptors (Lipinski definition) is 3. The predicted molar refractivity (Wildman–Crippen MR) is 64.6 cm³/mol. The first-order chi connectivity index (χ1) is 8.97. The Balaban J connectivity index is 2.30. The normalized spacial score (nSPS) is 10.2. The number of carboxylic acids is 1. The van der Waals surface area contributed by atoms with Crippen molar-refractivity contribution in [3.63, 3.8) is 0 Å². The number of benzene rings is 1. The lowest BCUT2D eigenvalue weighted by Gasteiger charge is -2.07. The summed E-state index contributed by atoms with van der Waals surface area (Å²) in [4.78, 5) is 22.8. The van der Waals surface area contributed by atoms with Gasteiger partial charge in [0.1, 0.15) is 5.82 Å². The molecule has 0 spiro atoms. The van der Waals surface area contributed by atoms with Gasteiger partial charge < -0.3 is 10.4 Å².